The molecule has 44 heavy (non-hydrogen) atoms. The third-order valence-electron chi connectivity index (χ3n) is 10.2. The monoisotopic (exact) mass is 616 g/mol. The standard InChI is InChI=1S/C42H83N2/c1-4-7-9-11-13-15-17-19-21-23-24-26-28-30-32-34-36-38-42-43(6-3)40-41-44(42)39-37-35-33-31-29-27-25-22-20-18-16-14-12-10-8-5-2/h40-41H,4-39H2,1-3H3/q+1. The number of aromatic nitrogens is 2. The van der Waals surface area contributed by atoms with Gasteiger partial charge in [-0.15, -0.1) is 0 Å². The van der Waals surface area contributed by atoms with E-state index < -0.39 is 0 Å². The SMILES string of the molecule is CCCCCCCCCCCCCCCCCCCc1n(CCCCCCCCCCCCCCCCCC)cc[n+]1CC. The number of unbranched alkanes of at least 4 members (excludes halogenated alkanes) is 31. The lowest BCUT2D eigenvalue weighted by molar-refractivity contribution is -0.700. The van der Waals surface area contributed by atoms with E-state index in [1.54, 1.807) is 5.82 Å². The molecule has 2 heteroatoms. The molecule has 0 aromatic carbocycles. The minimum absolute atomic E-state index is 1.11. The smallest absolute Gasteiger partial charge is 0.235 e. The van der Waals surface area contributed by atoms with Crippen molar-refractivity contribution in [2.24, 2.45) is 0 Å². The summed E-state index contributed by atoms with van der Waals surface area (Å²) >= 11 is 0. The van der Waals surface area contributed by atoms with E-state index in [1.807, 2.05) is 0 Å². The molecule has 0 aliphatic carbocycles. The fourth-order valence-electron chi connectivity index (χ4n) is 7.11. The van der Waals surface area contributed by atoms with E-state index in [-0.39, 0.29) is 0 Å². The molecule has 0 bridgehead atoms. The van der Waals surface area contributed by atoms with E-state index in [0.29, 0.717) is 0 Å². The van der Waals surface area contributed by atoms with Crippen LogP contribution < -0.4 is 4.57 Å². The number of hydrogen-bond acceptors (Lipinski definition) is 0. The fraction of sp³-hybridized carbons (Fsp3) is 0.929. The van der Waals surface area contributed by atoms with Gasteiger partial charge >= 0.3 is 0 Å². The van der Waals surface area contributed by atoms with Crippen molar-refractivity contribution in [2.75, 3.05) is 0 Å². The Kier molecular flexibility index (Phi) is 31.5. The number of aryl methyl sites for hydroxylation is 2. The number of hydrogen-bond donors (Lipinski definition) is 0. The average molecular weight is 616 g/mol. The molecule has 1 aromatic heterocycles. The zero-order valence-electron chi connectivity index (χ0n) is 31.0. The van der Waals surface area contributed by atoms with Gasteiger partial charge in [0, 0.05) is 6.42 Å². The fourth-order valence-corrected chi connectivity index (χ4v) is 7.11. The molecule has 0 radical (unpaired) electrons. The van der Waals surface area contributed by atoms with Gasteiger partial charge in [-0.3, -0.25) is 0 Å². The minimum Gasteiger partial charge on any atom is -0.235 e. The van der Waals surface area contributed by atoms with Gasteiger partial charge in [-0.05, 0) is 26.2 Å². The minimum atomic E-state index is 1.11. The second-order valence-corrected chi connectivity index (χ2v) is 14.4. The van der Waals surface area contributed by atoms with Gasteiger partial charge in [0.2, 0.25) is 0 Å². The Labute approximate surface area is 279 Å². The molecule has 0 amide bonds. The molecule has 1 heterocycles. The van der Waals surface area contributed by atoms with Crippen molar-refractivity contribution in [3.8, 4) is 0 Å². The van der Waals surface area contributed by atoms with Gasteiger partial charge < -0.3 is 0 Å². The lowest BCUT2D eigenvalue weighted by atomic mass is 10.0. The molecule has 0 aliphatic rings. The van der Waals surface area contributed by atoms with E-state index in [9.17, 15) is 0 Å². The largest absolute Gasteiger partial charge is 0.256 e. The van der Waals surface area contributed by atoms with Crippen LogP contribution in [0.2, 0.25) is 0 Å². The summed E-state index contributed by atoms with van der Waals surface area (Å²) in [4.78, 5) is 0. The third-order valence-corrected chi connectivity index (χ3v) is 10.2. The summed E-state index contributed by atoms with van der Waals surface area (Å²) in [6.45, 7) is 9.25. The Morgan fingerprint density at radius 1 is 0.386 bits per heavy atom. The Morgan fingerprint density at radius 2 is 0.682 bits per heavy atom. The first kappa shape index (κ1) is 41.2. The van der Waals surface area contributed by atoms with Crippen LogP contribution in [-0.2, 0) is 19.5 Å². The predicted molar refractivity (Wildman–Crippen MR) is 198 cm³/mol. The number of imidazole rings is 1. The quantitative estimate of drug-likeness (QED) is 0.0524. The molecule has 0 atom stereocenters. The average Bonchev–Trinajstić information content (AvgIpc) is 3.43. The van der Waals surface area contributed by atoms with Crippen LogP contribution in [0.25, 0.3) is 0 Å². The lowest BCUT2D eigenvalue weighted by Crippen LogP contribution is -2.36. The highest BCUT2D eigenvalue weighted by atomic mass is 15.1. The van der Waals surface area contributed by atoms with Gasteiger partial charge in [0.15, 0.2) is 0 Å². The second kappa shape index (κ2) is 33.6. The summed E-state index contributed by atoms with van der Waals surface area (Å²) in [5.74, 6) is 1.58. The lowest BCUT2D eigenvalue weighted by Gasteiger charge is -2.06. The maximum absolute atomic E-state index is 2.58. The van der Waals surface area contributed by atoms with E-state index in [4.69, 9.17) is 0 Å². The highest BCUT2D eigenvalue weighted by Gasteiger charge is 2.15. The molecule has 0 spiro atoms. The Hall–Kier alpha value is -0.790. The van der Waals surface area contributed by atoms with Gasteiger partial charge in [0.05, 0.1) is 13.1 Å². The molecule has 1 rings (SSSR count). The molecule has 0 N–H and O–H groups in total. The zero-order chi connectivity index (χ0) is 31.6. The molecule has 260 valence electrons. The van der Waals surface area contributed by atoms with Crippen LogP contribution >= 0.6 is 0 Å². The van der Waals surface area contributed by atoms with Crippen molar-refractivity contribution in [1.29, 1.82) is 0 Å². The normalized spacial score (nSPS) is 11.6. The molecular weight excluding hydrogens is 532 g/mol. The topological polar surface area (TPSA) is 8.81 Å². The predicted octanol–water partition coefficient (Wildman–Crippen LogP) is 14.3. The molecular formula is C42H83N2+. The van der Waals surface area contributed by atoms with E-state index in [0.717, 1.165) is 6.54 Å². The maximum Gasteiger partial charge on any atom is 0.256 e. The maximum atomic E-state index is 2.58. The molecule has 1 aromatic rings. The zero-order valence-corrected chi connectivity index (χ0v) is 31.0. The van der Waals surface area contributed by atoms with Crippen molar-refractivity contribution in [3.63, 3.8) is 0 Å². The van der Waals surface area contributed by atoms with Crippen LogP contribution in [0.5, 0.6) is 0 Å². The van der Waals surface area contributed by atoms with Gasteiger partial charge in [0.25, 0.3) is 5.82 Å². The summed E-state index contributed by atoms with van der Waals surface area (Å²) in [6.07, 6.45) is 53.8. The third kappa shape index (κ3) is 25.4. The summed E-state index contributed by atoms with van der Waals surface area (Å²) < 4.78 is 5.08. The first-order valence-corrected chi connectivity index (χ1v) is 20.9. The number of nitrogens with zero attached hydrogens (tertiary/aromatic N) is 2. The molecule has 2 nitrogen and oxygen atoms in total. The van der Waals surface area contributed by atoms with Crippen LogP contribution in [0.3, 0.4) is 0 Å². The van der Waals surface area contributed by atoms with Crippen molar-refractivity contribution >= 4 is 0 Å². The van der Waals surface area contributed by atoms with Crippen molar-refractivity contribution in [2.45, 2.75) is 252 Å². The van der Waals surface area contributed by atoms with Crippen LogP contribution in [-0.4, -0.2) is 4.57 Å². The summed E-state index contributed by atoms with van der Waals surface area (Å²) in [5.41, 5.74) is 0. The summed E-state index contributed by atoms with van der Waals surface area (Å²) in [7, 11) is 0. The molecule has 0 aliphatic heterocycles. The molecule has 0 fully saturated rings. The van der Waals surface area contributed by atoms with E-state index in [2.05, 4.69) is 42.3 Å². The van der Waals surface area contributed by atoms with Gasteiger partial charge in [0.1, 0.15) is 12.4 Å². The van der Waals surface area contributed by atoms with E-state index >= 15 is 0 Å². The highest BCUT2D eigenvalue weighted by molar-refractivity contribution is 4.84. The second-order valence-electron chi connectivity index (χ2n) is 14.4. The van der Waals surface area contributed by atoms with Crippen LogP contribution in [0, 0.1) is 0 Å². The molecule has 0 saturated carbocycles. The Morgan fingerprint density at radius 3 is 1.00 bits per heavy atom. The van der Waals surface area contributed by atoms with Crippen molar-refractivity contribution in [3.05, 3.63) is 18.2 Å². The molecule has 0 saturated heterocycles. The van der Waals surface area contributed by atoms with Crippen LogP contribution in [0.4, 0.5) is 0 Å². The van der Waals surface area contributed by atoms with Gasteiger partial charge in [-0.25, -0.2) is 9.13 Å². The van der Waals surface area contributed by atoms with E-state index in [1.165, 1.54) is 225 Å². The first-order valence-electron chi connectivity index (χ1n) is 20.9. The highest BCUT2D eigenvalue weighted by Crippen LogP contribution is 2.16. The van der Waals surface area contributed by atoms with Gasteiger partial charge in [-0.1, -0.05) is 206 Å². The summed E-state index contributed by atoms with van der Waals surface area (Å²) in [6, 6.07) is 0. The van der Waals surface area contributed by atoms with Crippen LogP contribution in [0.1, 0.15) is 238 Å². The van der Waals surface area contributed by atoms with Gasteiger partial charge in [-0.2, -0.15) is 0 Å². The van der Waals surface area contributed by atoms with Crippen LogP contribution in [0.15, 0.2) is 12.4 Å². The van der Waals surface area contributed by atoms with Crippen molar-refractivity contribution < 1.29 is 4.57 Å². The molecule has 0 unspecified atom stereocenters. The number of rotatable bonds is 36. The Bertz CT molecular complexity index is 677. The first-order chi connectivity index (χ1) is 21.8. The van der Waals surface area contributed by atoms with Crippen molar-refractivity contribution in [1.82, 2.24) is 4.57 Å². The summed E-state index contributed by atoms with van der Waals surface area (Å²) in [5, 5.41) is 0. The Balaban J connectivity index is 1.93.